The van der Waals surface area contributed by atoms with Crippen molar-refractivity contribution in [2.24, 2.45) is 0 Å². The largest absolute Gasteiger partial charge is 0.380 e. The molecule has 0 bridgehead atoms. The number of ether oxygens (including phenoxy) is 1. The smallest absolute Gasteiger partial charge is 0.256 e. The van der Waals surface area contributed by atoms with E-state index >= 15 is 0 Å². The number of hydrogen-bond acceptors (Lipinski definition) is 3. The zero-order valence-corrected chi connectivity index (χ0v) is 9.43. The Kier molecular flexibility index (Phi) is 3.52. The summed E-state index contributed by atoms with van der Waals surface area (Å²) < 4.78 is 5.06. The van der Waals surface area contributed by atoms with E-state index in [9.17, 15) is 4.79 Å². The van der Waals surface area contributed by atoms with Crippen molar-refractivity contribution in [2.75, 3.05) is 12.4 Å². The molecule has 0 spiro atoms. The third-order valence-corrected chi connectivity index (χ3v) is 2.32. The first kappa shape index (κ1) is 11.3. The van der Waals surface area contributed by atoms with E-state index in [1.165, 1.54) is 0 Å². The summed E-state index contributed by atoms with van der Waals surface area (Å²) in [7, 11) is 1.60. The summed E-state index contributed by atoms with van der Waals surface area (Å²) in [6.07, 6.45) is 3.17. The average molecular weight is 231 g/mol. The number of nitrogens with one attached hydrogen (secondary N) is 2. The highest BCUT2D eigenvalue weighted by Crippen LogP contribution is 2.12. The third kappa shape index (κ3) is 2.70. The Morgan fingerprint density at radius 3 is 3.00 bits per heavy atom. The molecular weight excluding hydrogens is 218 g/mol. The van der Waals surface area contributed by atoms with Gasteiger partial charge in [-0.1, -0.05) is 18.2 Å². The normalized spacial score (nSPS) is 10.2. The number of H-pyrrole nitrogens is 1. The van der Waals surface area contributed by atoms with Gasteiger partial charge in [-0.3, -0.25) is 9.89 Å². The maximum absolute atomic E-state index is 12.0. The molecule has 5 heteroatoms. The Morgan fingerprint density at radius 2 is 2.29 bits per heavy atom. The van der Waals surface area contributed by atoms with Crippen LogP contribution in [0, 0.1) is 0 Å². The molecule has 0 aliphatic rings. The molecule has 88 valence electrons. The molecule has 0 fully saturated rings. The summed E-state index contributed by atoms with van der Waals surface area (Å²) in [5.74, 6) is -0.168. The fraction of sp³-hybridized carbons (Fsp3) is 0.167. The molecular formula is C12H13N3O2. The van der Waals surface area contributed by atoms with E-state index in [2.05, 4.69) is 15.5 Å². The quantitative estimate of drug-likeness (QED) is 0.843. The molecule has 0 radical (unpaired) electrons. The Bertz CT molecular complexity index is 494. The number of hydrogen-bond donors (Lipinski definition) is 2. The lowest BCUT2D eigenvalue weighted by molar-refractivity contribution is 0.102. The zero-order valence-electron chi connectivity index (χ0n) is 9.43. The number of amides is 1. The van der Waals surface area contributed by atoms with Gasteiger partial charge in [-0.2, -0.15) is 5.10 Å². The van der Waals surface area contributed by atoms with Gasteiger partial charge in [0.25, 0.3) is 5.91 Å². The first-order valence-electron chi connectivity index (χ1n) is 5.18. The van der Waals surface area contributed by atoms with Crippen LogP contribution in [0.1, 0.15) is 15.9 Å². The minimum atomic E-state index is -0.168. The molecule has 1 aromatic heterocycles. The monoisotopic (exact) mass is 231 g/mol. The maximum atomic E-state index is 12.0. The second-order valence-electron chi connectivity index (χ2n) is 3.53. The van der Waals surface area contributed by atoms with Gasteiger partial charge in [0, 0.05) is 18.9 Å². The molecule has 0 unspecified atom stereocenters. The highest BCUT2D eigenvalue weighted by atomic mass is 16.5. The van der Waals surface area contributed by atoms with Gasteiger partial charge in [0.2, 0.25) is 0 Å². The number of carbonyl (C=O) groups is 1. The van der Waals surface area contributed by atoms with Gasteiger partial charge in [0.05, 0.1) is 18.5 Å². The summed E-state index contributed by atoms with van der Waals surface area (Å²) in [6.45, 7) is 0.412. The molecule has 0 aliphatic carbocycles. The average Bonchev–Trinajstić information content (AvgIpc) is 2.83. The molecule has 2 aromatic rings. The van der Waals surface area contributed by atoms with Crippen LogP contribution in [-0.2, 0) is 11.3 Å². The lowest BCUT2D eigenvalue weighted by Gasteiger charge is -2.08. The van der Waals surface area contributed by atoms with Crippen molar-refractivity contribution in [1.82, 2.24) is 10.2 Å². The predicted octanol–water partition coefficient (Wildman–Crippen LogP) is 1.81. The van der Waals surface area contributed by atoms with Crippen molar-refractivity contribution < 1.29 is 9.53 Å². The number of carbonyl (C=O) groups excluding carboxylic acids is 1. The third-order valence-electron chi connectivity index (χ3n) is 2.32. The van der Waals surface area contributed by atoms with Gasteiger partial charge >= 0.3 is 0 Å². The van der Waals surface area contributed by atoms with Crippen LogP contribution in [0.5, 0.6) is 0 Å². The predicted molar refractivity (Wildman–Crippen MR) is 63.7 cm³/mol. The zero-order chi connectivity index (χ0) is 12.1. The van der Waals surface area contributed by atoms with Gasteiger partial charge in [-0.25, -0.2) is 0 Å². The summed E-state index contributed by atoms with van der Waals surface area (Å²) in [5, 5.41) is 9.15. The standard InChI is InChI=1S/C12H13N3O2/c1-17-8-9-4-2-3-5-11(9)12(16)15-10-6-13-14-7-10/h2-7H,8H2,1H3,(H,13,14)(H,15,16). The fourth-order valence-electron chi connectivity index (χ4n) is 1.54. The van der Waals surface area contributed by atoms with E-state index < -0.39 is 0 Å². The number of aromatic amines is 1. The van der Waals surface area contributed by atoms with Crippen LogP contribution in [0.15, 0.2) is 36.7 Å². The summed E-state index contributed by atoms with van der Waals surface area (Å²) in [5.41, 5.74) is 2.11. The van der Waals surface area contributed by atoms with Crippen LogP contribution >= 0.6 is 0 Å². The number of rotatable bonds is 4. The molecule has 2 rings (SSSR count). The second-order valence-corrected chi connectivity index (χ2v) is 3.53. The summed E-state index contributed by atoms with van der Waals surface area (Å²) >= 11 is 0. The number of benzene rings is 1. The minimum absolute atomic E-state index is 0.168. The van der Waals surface area contributed by atoms with Crippen molar-refractivity contribution in [3.8, 4) is 0 Å². The summed E-state index contributed by atoms with van der Waals surface area (Å²) in [4.78, 5) is 12.0. The van der Waals surface area contributed by atoms with E-state index in [0.717, 1.165) is 5.56 Å². The Morgan fingerprint density at radius 1 is 1.47 bits per heavy atom. The molecule has 0 atom stereocenters. The summed E-state index contributed by atoms with van der Waals surface area (Å²) in [6, 6.07) is 7.34. The second kappa shape index (κ2) is 5.27. The van der Waals surface area contributed by atoms with E-state index in [-0.39, 0.29) is 5.91 Å². The molecule has 2 N–H and O–H groups in total. The van der Waals surface area contributed by atoms with E-state index in [0.29, 0.717) is 17.9 Å². The SMILES string of the molecule is COCc1ccccc1C(=O)Nc1cn[nH]c1. The van der Waals surface area contributed by atoms with Crippen LogP contribution < -0.4 is 5.32 Å². The van der Waals surface area contributed by atoms with Gasteiger partial charge in [0.1, 0.15) is 0 Å². The number of aromatic nitrogens is 2. The Balaban J connectivity index is 2.18. The minimum Gasteiger partial charge on any atom is -0.380 e. The molecule has 1 heterocycles. The lowest BCUT2D eigenvalue weighted by atomic mass is 10.1. The van der Waals surface area contributed by atoms with Crippen LogP contribution in [0.4, 0.5) is 5.69 Å². The molecule has 0 saturated heterocycles. The van der Waals surface area contributed by atoms with Crippen LogP contribution in [0.25, 0.3) is 0 Å². The number of methoxy groups -OCH3 is 1. The molecule has 1 amide bonds. The molecule has 1 aromatic carbocycles. The topological polar surface area (TPSA) is 67.0 Å². The van der Waals surface area contributed by atoms with E-state index in [1.54, 1.807) is 25.6 Å². The number of nitrogens with zero attached hydrogens (tertiary/aromatic N) is 1. The highest BCUT2D eigenvalue weighted by Gasteiger charge is 2.10. The van der Waals surface area contributed by atoms with Gasteiger partial charge in [-0.15, -0.1) is 0 Å². The Hall–Kier alpha value is -2.14. The van der Waals surface area contributed by atoms with Crippen molar-refractivity contribution >= 4 is 11.6 Å². The first-order chi connectivity index (χ1) is 8.31. The lowest BCUT2D eigenvalue weighted by Crippen LogP contribution is -2.14. The van der Waals surface area contributed by atoms with Crippen molar-refractivity contribution in [3.63, 3.8) is 0 Å². The van der Waals surface area contributed by atoms with E-state index in [1.807, 2.05) is 18.2 Å². The highest BCUT2D eigenvalue weighted by molar-refractivity contribution is 6.05. The Labute approximate surface area is 98.8 Å². The van der Waals surface area contributed by atoms with Crippen LogP contribution in [-0.4, -0.2) is 23.2 Å². The van der Waals surface area contributed by atoms with E-state index in [4.69, 9.17) is 4.74 Å². The molecule has 17 heavy (non-hydrogen) atoms. The maximum Gasteiger partial charge on any atom is 0.256 e. The van der Waals surface area contributed by atoms with Crippen LogP contribution in [0.3, 0.4) is 0 Å². The molecule has 0 saturated carbocycles. The van der Waals surface area contributed by atoms with Gasteiger partial charge in [0.15, 0.2) is 0 Å². The number of anilines is 1. The molecule has 5 nitrogen and oxygen atoms in total. The molecule has 0 aliphatic heterocycles. The van der Waals surface area contributed by atoms with Gasteiger partial charge < -0.3 is 10.1 Å². The van der Waals surface area contributed by atoms with Crippen LogP contribution in [0.2, 0.25) is 0 Å². The van der Waals surface area contributed by atoms with Crippen molar-refractivity contribution in [2.45, 2.75) is 6.61 Å². The fourth-order valence-corrected chi connectivity index (χ4v) is 1.54. The van der Waals surface area contributed by atoms with Crippen molar-refractivity contribution in [3.05, 3.63) is 47.8 Å². The van der Waals surface area contributed by atoms with Gasteiger partial charge in [-0.05, 0) is 11.6 Å². The van der Waals surface area contributed by atoms with Crippen molar-refractivity contribution in [1.29, 1.82) is 0 Å². The first-order valence-corrected chi connectivity index (χ1v) is 5.18.